The van der Waals surface area contributed by atoms with Gasteiger partial charge in [-0.25, -0.2) is 0 Å². The van der Waals surface area contributed by atoms with Crippen LogP contribution in [0, 0.1) is 98.8 Å². The van der Waals surface area contributed by atoms with Crippen LogP contribution < -0.4 is 29.4 Å². The molecule has 0 aromatic carbocycles. The van der Waals surface area contributed by atoms with Gasteiger partial charge in [0.1, 0.15) is 0 Å². The van der Waals surface area contributed by atoms with E-state index in [1.54, 1.807) is 0 Å². The van der Waals surface area contributed by atoms with E-state index in [2.05, 4.69) is 33.7 Å². The van der Waals surface area contributed by atoms with Crippen LogP contribution in [0.1, 0.15) is 0 Å². The molecule has 0 heterocycles. The van der Waals surface area contributed by atoms with E-state index in [4.69, 9.17) is 43.1 Å². The molecular weight excluding hydrogens is 647 g/mol. The van der Waals surface area contributed by atoms with Gasteiger partial charge in [-0.3, -0.25) is 0 Å². The van der Waals surface area contributed by atoms with Gasteiger partial charge in [0, 0.05) is 20.8 Å². The molecule has 0 atom stereocenters. The molecule has 9 nitrogen and oxygen atoms in total. The molecule has 0 spiro atoms. The van der Waals surface area contributed by atoms with Gasteiger partial charge in [0.25, 0.3) is 0 Å². The van der Waals surface area contributed by atoms with Gasteiger partial charge in [0.05, 0.1) is 0 Å². The van der Waals surface area contributed by atoms with Crippen molar-refractivity contribution in [2.75, 3.05) is 0 Å². The summed E-state index contributed by atoms with van der Waals surface area (Å²) >= 11 is 11.9. The zero-order valence-electron chi connectivity index (χ0n) is 6.91. The summed E-state index contributed by atoms with van der Waals surface area (Å²) in [6.07, 6.45) is 0. The van der Waals surface area contributed by atoms with Crippen LogP contribution in [-0.2, 0) is 13.7 Å². The van der Waals surface area contributed by atoms with E-state index in [0.717, 1.165) is 0 Å². The Morgan fingerprint density at radius 1 is 0.529 bits per heavy atom. The molecule has 17 heavy (non-hydrogen) atoms. The predicted octanol–water partition coefficient (Wildman–Crippen LogP) is -2.84. The van der Waals surface area contributed by atoms with Crippen LogP contribution in [0.25, 0.3) is 0 Å². The molecule has 0 N–H and O–H groups in total. The summed E-state index contributed by atoms with van der Waals surface area (Å²) in [6, 6.07) is 0. The van der Waals surface area contributed by atoms with Crippen LogP contribution >= 0.6 is 54.6 Å². The van der Waals surface area contributed by atoms with Gasteiger partial charge in [-0.05, 0) is 0 Å². The Hall–Kier alpha value is 4.49. The molecular formula is Cl3Eu2O9P3. The van der Waals surface area contributed by atoms with Crippen LogP contribution in [-0.4, -0.2) is 0 Å². The fourth-order valence-corrected chi connectivity index (χ4v) is 0. The molecule has 104 valence electrons. The summed E-state index contributed by atoms with van der Waals surface area (Å²) in [5, 5.41) is 0. The molecule has 0 aliphatic carbocycles. The van der Waals surface area contributed by atoms with Gasteiger partial charge in [0.2, 0.25) is 0 Å². The van der Waals surface area contributed by atoms with E-state index >= 15 is 0 Å². The Balaban J connectivity index is -0.0000000400. The van der Waals surface area contributed by atoms with Crippen LogP contribution in [0.3, 0.4) is 0 Å². The molecule has 0 radical (unpaired) electrons. The SMILES string of the molecule is O=P([O-])([O-])Cl.O=P([O-])([O-])Cl.O=P([O-])([O-])Cl.[Eu+3].[Eu+3]. The zero-order chi connectivity index (χ0) is 13.5. The minimum Gasteiger partial charge on any atom is -0.799 e. The molecule has 0 amide bonds. The predicted molar refractivity (Wildman–Crippen MR) is 40.4 cm³/mol. The molecule has 0 aromatic heterocycles. The van der Waals surface area contributed by atoms with Crippen molar-refractivity contribution in [3.8, 4) is 0 Å². The molecule has 17 heteroatoms. The Morgan fingerprint density at radius 3 is 0.529 bits per heavy atom. The van der Waals surface area contributed by atoms with Gasteiger partial charge in [-0.2, -0.15) is 0 Å². The van der Waals surface area contributed by atoms with E-state index < -0.39 is 20.8 Å². The van der Waals surface area contributed by atoms with E-state index in [0.29, 0.717) is 0 Å². The van der Waals surface area contributed by atoms with Crippen LogP contribution in [0.5, 0.6) is 0 Å². The second-order valence-corrected chi connectivity index (χ2v) is 7.60. The molecule has 0 saturated carbocycles. The number of hydrogen-bond acceptors (Lipinski definition) is 9. The van der Waals surface area contributed by atoms with E-state index in [1.807, 2.05) is 0 Å². The first kappa shape index (κ1) is 33.2. The van der Waals surface area contributed by atoms with E-state index in [1.165, 1.54) is 0 Å². The van der Waals surface area contributed by atoms with Crippen molar-refractivity contribution in [2.24, 2.45) is 0 Å². The minimum atomic E-state index is -4.67. The Labute approximate surface area is 192 Å². The van der Waals surface area contributed by atoms with Crippen LogP contribution in [0.15, 0.2) is 0 Å². The first-order valence-electron chi connectivity index (χ1n) is 2.15. The molecule has 0 aliphatic rings. The molecule has 0 saturated heterocycles. The maximum absolute atomic E-state index is 8.87. The number of hydrogen-bond donors (Lipinski definition) is 0. The zero-order valence-corrected chi connectivity index (χ0v) is 16.7. The first-order valence-corrected chi connectivity index (χ1v) is 9.49. The third kappa shape index (κ3) is 348. The summed E-state index contributed by atoms with van der Waals surface area (Å²) in [5.41, 5.74) is 0. The largest absolute Gasteiger partial charge is 3.00 e. The van der Waals surface area contributed by atoms with Crippen molar-refractivity contribution in [2.45, 2.75) is 0 Å². The fraction of sp³-hybridized carbons (Fsp3) is 0. The van der Waals surface area contributed by atoms with Gasteiger partial charge in [0.15, 0.2) is 0 Å². The second kappa shape index (κ2) is 15.4. The summed E-state index contributed by atoms with van der Waals surface area (Å²) in [4.78, 5) is 53.2. The van der Waals surface area contributed by atoms with E-state index in [9.17, 15) is 0 Å². The van der Waals surface area contributed by atoms with Crippen molar-refractivity contribution in [3.05, 3.63) is 0 Å². The third-order valence-electron chi connectivity index (χ3n) is 0. The molecule has 0 aromatic rings. The molecule has 0 fully saturated rings. The van der Waals surface area contributed by atoms with Crippen molar-refractivity contribution in [1.29, 1.82) is 0 Å². The third-order valence-corrected chi connectivity index (χ3v) is 0. The van der Waals surface area contributed by atoms with Gasteiger partial charge in [-0.1, -0.05) is 33.7 Å². The summed E-state index contributed by atoms with van der Waals surface area (Å²) in [6.45, 7) is -14.0. The summed E-state index contributed by atoms with van der Waals surface area (Å²) < 4.78 is 26.6. The minimum absolute atomic E-state index is 0. The number of rotatable bonds is 0. The second-order valence-electron chi connectivity index (χ2n) is 1.29. The topological polar surface area (TPSA) is 190 Å². The van der Waals surface area contributed by atoms with Gasteiger partial charge >= 0.3 is 98.8 Å². The fourth-order valence-electron chi connectivity index (χ4n) is 0. The normalized spacial score (nSPS) is 10.4. The summed E-state index contributed by atoms with van der Waals surface area (Å²) in [5.74, 6) is 0. The van der Waals surface area contributed by atoms with Gasteiger partial charge < -0.3 is 43.1 Å². The van der Waals surface area contributed by atoms with Crippen molar-refractivity contribution in [1.82, 2.24) is 0 Å². The van der Waals surface area contributed by atoms with Crippen LogP contribution in [0.2, 0.25) is 0 Å². The van der Waals surface area contributed by atoms with Crippen LogP contribution in [0.4, 0.5) is 0 Å². The molecule has 0 unspecified atom stereocenters. The smallest absolute Gasteiger partial charge is 0.799 e. The van der Waals surface area contributed by atoms with Gasteiger partial charge in [-0.15, -0.1) is 0 Å². The standard InChI is InChI=1S/3ClH2O3P.2Eu/c3*1-5(2,3)4;;/h3*(H2,2,3,4);;/q;;;2*+3/p-6. The molecule has 0 rings (SSSR count). The Kier molecular flexibility index (Phi) is 30.0. The molecule has 0 bridgehead atoms. The van der Waals surface area contributed by atoms with Crippen molar-refractivity contribution >= 4 is 54.6 Å². The Morgan fingerprint density at radius 2 is 0.529 bits per heavy atom. The Bertz CT molecular complexity index is 216. The maximum Gasteiger partial charge on any atom is 3.00 e. The van der Waals surface area contributed by atoms with E-state index in [-0.39, 0.29) is 98.8 Å². The summed E-state index contributed by atoms with van der Waals surface area (Å²) in [7, 11) is 0. The van der Waals surface area contributed by atoms with Crippen molar-refractivity contribution in [3.63, 3.8) is 0 Å². The first-order chi connectivity index (χ1) is 6.00. The average molecular weight is 647 g/mol. The maximum atomic E-state index is 8.87. The molecule has 0 aliphatic heterocycles. The monoisotopic (exact) mass is 648 g/mol. The number of halogens is 3. The van der Waals surface area contributed by atoms with Crippen molar-refractivity contribution < 1.29 is 142 Å². The average Bonchev–Trinajstić information content (AvgIpc) is 1.41. The quantitative estimate of drug-likeness (QED) is 0.250.